The van der Waals surface area contributed by atoms with Crippen LogP contribution >= 0.6 is 0 Å². The number of carboxylic acid groups (broad SMARTS) is 1. The minimum Gasteiger partial charge on any atom is -0.478 e. The molecule has 2 aliphatic rings. The Balaban J connectivity index is 0.00000109. The highest BCUT2D eigenvalue weighted by Crippen LogP contribution is 2.46. The molecular formula is C23H32O2. The number of aromatic carboxylic acids is 1. The predicted molar refractivity (Wildman–Crippen MR) is 105 cm³/mol. The molecule has 2 nitrogen and oxygen atoms in total. The summed E-state index contributed by atoms with van der Waals surface area (Å²) in [6.07, 6.45) is 10.9. The smallest absolute Gasteiger partial charge is 0.335 e. The van der Waals surface area contributed by atoms with Crippen molar-refractivity contribution in [3.05, 3.63) is 58.7 Å². The van der Waals surface area contributed by atoms with E-state index < -0.39 is 5.97 Å². The number of hydrogen-bond donors (Lipinski definition) is 1. The average molecular weight is 341 g/mol. The molecule has 0 radical (unpaired) electrons. The van der Waals surface area contributed by atoms with Crippen LogP contribution in [0.3, 0.4) is 0 Å². The fraction of sp³-hybridized carbons (Fsp3) is 0.522. The molecule has 136 valence electrons. The largest absolute Gasteiger partial charge is 0.478 e. The number of benzene rings is 1. The average Bonchev–Trinajstić information content (AvgIpc) is 3.12. The Hall–Kier alpha value is -1.83. The summed E-state index contributed by atoms with van der Waals surface area (Å²) < 4.78 is 0. The third-order valence-corrected chi connectivity index (χ3v) is 5.77. The monoisotopic (exact) mass is 340 g/mol. The Labute approximate surface area is 152 Å². The van der Waals surface area contributed by atoms with Gasteiger partial charge < -0.3 is 5.11 Å². The Morgan fingerprint density at radius 2 is 1.84 bits per heavy atom. The number of carboxylic acids is 1. The van der Waals surface area contributed by atoms with Crippen LogP contribution < -0.4 is 0 Å². The van der Waals surface area contributed by atoms with Gasteiger partial charge in [0.25, 0.3) is 0 Å². The van der Waals surface area contributed by atoms with Gasteiger partial charge in [0, 0.05) is 0 Å². The van der Waals surface area contributed by atoms with Gasteiger partial charge in [-0.1, -0.05) is 57.0 Å². The van der Waals surface area contributed by atoms with Crippen molar-refractivity contribution in [3.63, 3.8) is 0 Å². The first kappa shape index (κ1) is 19.5. The predicted octanol–water partition coefficient (Wildman–Crippen LogP) is 6.60. The fourth-order valence-corrected chi connectivity index (χ4v) is 4.39. The fourth-order valence-electron chi connectivity index (χ4n) is 4.39. The number of hydrogen-bond acceptors (Lipinski definition) is 1. The van der Waals surface area contributed by atoms with Crippen molar-refractivity contribution in [1.29, 1.82) is 0 Å². The van der Waals surface area contributed by atoms with Crippen molar-refractivity contribution >= 4 is 5.97 Å². The van der Waals surface area contributed by atoms with E-state index in [1.54, 1.807) is 23.3 Å². The van der Waals surface area contributed by atoms with Crippen molar-refractivity contribution in [2.45, 2.75) is 65.7 Å². The van der Waals surface area contributed by atoms with Gasteiger partial charge in [-0.15, -0.1) is 0 Å². The first-order valence-corrected chi connectivity index (χ1v) is 9.77. The van der Waals surface area contributed by atoms with Gasteiger partial charge in [0.05, 0.1) is 5.56 Å². The second-order valence-electron chi connectivity index (χ2n) is 7.09. The van der Waals surface area contributed by atoms with E-state index in [1.165, 1.54) is 37.7 Å². The molecule has 1 N–H and O–H groups in total. The normalized spacial score (nSPS) is 23.8. The Morgan fingerprint density at radius 1 is 1.16 bits per heavy atom. The van der Waals surface area contributed by atoms with Crippen LogP contribution in [-0.4, -0.2) is 11.1 Å². The van der Waals surface area contributed by atoms with Gasteiger partial charge in [-0.25, -0.2) is 4.79 Å². The lowest BCUT2D eigenvalue weighted by Crippen LogP contribution is -2.18. The third kappa shape index (κ3) is 4.42. The number of carbonyl (C=O) groups is 1. The van der Waals surface area contributed by atoms with Crippen LogP contribution in [0.25, 0.3) is 0 Å². The molecule has 2 heteroatoms. The lowest BCUT2D eigenvalue weighted by molar-refractivity contribution is 0.0697. The molecule has 3 rings (SSSR count). The molecule has 0 saturated heterocycles. The summed E-state index contributed by atoms with van der Waals surface area (Å²) in [5, 5.41) is 9.05. The van der Waals surface area contributed by atoms with Gasteiger partial charge in [0.15, 0.2) is 0 Å². The van der Waals surface area contributed by atoms with Gasteiger partial charge in [-0.05, 0) is 73.6 Å². The van der Waals surface area contributed by atoms with Gasteiger partial charge in [0.1, 0.15) is 0 Å². The zero-order chi connectivity index (χ0) is 18.4. The standard InChI is InChI=1S/C21H26O2.C2H6/c1-14-6-3-4-7-18(14)20-9-5-8-19(20)15(2)16-10-12-17(13-11-16)21(22)23;1-2/h4,7,10-13,15,19-20H,3,5-6,8-9H2,1-2H3,(H,22,23);1-2H3. The van der Waals surface area contributed by atoms with Crippen molar-refractivity contribution in [2.24, 2.45) is 11.8 Å². The molecule has 0 amide bonds. The number of allylic oxidation sites excluding steroid dienone is 4. The highest BCUT2D eigenvalue weighted by molar-refractivity contribution is 5.87. The molecule has 0 aliphatic heterocycles. The molecule has 0 aromatic heterocycles. The van der Waals surface area contributed by atoms with Crippen molar-refractivity contribution in [2.75, 3.05) is 0 Å². The zero-order valence-electron chi connectivity index (χ0n) is 16.1. The summed E-state index contributed by atoms with van der Waals surface area (Å²) in [4.78, 5) is 11.0. The number of rotatable bonds is 4. The van der Waals surface area contributed by atoms with Crippen LogP contribution in [0.15, 0.2) is 47.6 Å². The topological polar surface area (TPSA) is 37.3 Å². The van der Waals surface area contributed by atoms with Crippen molar-refractivity contribution in [3.8, 4) is 0 Å². The van der Waals surface area contributed by atoms with Crippen LogP contribution in [0.1, 0.15) is 81.6 Å². The second-order valence-corrected chi connectivity index (χ2v) is 7.09. The summed E-state index contributed by atoms with van der Waals surface area (Å²) >= 11 is 0. The zero-order valence-corrected chi connectivity index (χ0v) is 16.1. The Morgan fingerprint density at radius 3 is 2.44 bits per heavy atom. The van der Waals surface area contributed by atoms with Crippen LogP contribution in [0, 0.1) is 11.8 Å². The summed E-state index contributed by atoms with van der Waals surface area (Å²) in [7, 11) is 0. The SMILES string of the molecule is CC.CC1=C(C2CCCC2C(C)c2ccc(C(=O)O)cc2)C=CCC1. The van der Waals surface area contributed by atoms with Crippen molar-refractivity contribution in [1.82, 2.24) is 0 Å². The van der Waals surface area contributed by atoms with E-state index in [2.05, 4.69) is 26.0 Å². The highest BCUT2D eigenvalue weighted by Gasteiger charge is 2.34. The minimum atomic E-state index is -0.851. The molecule has 1 aromatic carbocycles. The van der Waals surface area contributed by atoms with E-state index >= 15 is 0 Å². The van der Waals surface area contributed by atoms with E-state index in [0.717, 1.165) is 0 Å². The molecule has 3 unspecified atom stereocenters. The molecule has 1 fully saturated rings. The van der Waals surface area contributed by atoms with Crippen LogP contribution in [0.2, 0.25) is 0 Å². The van der Waals surface area contributed by atoms with Gasteiger partial charge in [0.2, 0.25) is 0 Å². The maximum atomic E-state index is 11.0. The summed E-state index contributed by atoms with van der Waals surface area (Å²) in [6, 6.07) is 7.48. The van der Waals surface area contributed by atoms with E-state index in [-0.39, 0.29) is 0 Å². The first-order valence-electron chi connectivity index (χ1n) is 9.77. The summed E-state index contributed by atoms with van der Waals surface area (Å²) in [5.74, 6) is 0.955. The maximum Gasteiger partial charge on any atom is 0.335 e. The Bertz CT molecular complexity index is 637. The second kappa shape index (κ2) is 9.03. The van der Waals surface area contributed by atoms with Crippen LogP contribution in [-0.2, 0) is 0 Å². The van der Waals surface area contributed by atoms with Crippen molar-refractivity contribution < 1.29 is 9.90 Å². The molecule has 2 aliphatic carbocycles. The molecule has 1 aromatic rings. The van der Waals surface area contributed by atoms with Crippen LogP contribution in [0.4, 0.5) is 0 Å². The minimum absolute atomic E-state index is 0.373. The van der Waals surface area contributed by atoms with Gasteiger partial charge in [-0.3, -0.25) is 0 Å². The molecule has 25 heavy (non-hydrogen) atoms. The summed E-state index contributed by atoms with van der Waals surface area (Å²) in [6.45, 7) is 8.60. The molecular weight excluding hydrogens is 308 g/mol. The van der Waals surface area contributed by atoms with E-state index in [0.29, 0.717) is 23.3 Å². The quantitative estimate of drug-likeness (QED) is 0.670. The van der Waals surface area contributed by atoms with E-state index in [4.69, 9.17) is 5.11 Å². The van der Waals surface area contributed by atoms with Crippen LogP contribution in [0.5, 0.6) is 0 Å². The van der Waals surface area contributed by atoms with Gasteiger partial charge >= 0.3 is 5.97 Å². The van der Waals surface area contributed by atoms with E-state index in [9.17, 15) is 4.79 Å². The van der Waals surface area contributed by atoms with Gasteiger partial charge in [-0.2, -0.15) is 0 Å². The lowest BCUT2D eigenvalue weighted by atomic mass is 9.75. The molecule has 3 atom stereocenters. The molecule has 1 saturated carbocycles. The highest BCUT2D eigenvalue weighted by atomic mass is 16.4. The third-order valence-electron chi connectivity index (χ3n) is 5.77. The summed E-state index contributed by atoms with van der Waals surface area (Å²) in [5.41, 5.74) is 4.79. The first-order chi connectivity index (χ1) is 12.1. The molecule has 0 bridgehead atoms. The molecule has 0 spiro atoms. The maximum absolute atomic E-state index is 11.0. The van der Waals surface area contributed by atoms with E-state index in [1.807, 2.05) is 26.0 Å². The lowest BCUT2D eigenvalue weighted by Gasteiger charge is -2.29. The Kier molecular flexibility index (Phi) is 7.04. The molecule has 0 heterocycles.